The Bertz CT molecular complexity index is 569. The van der Waals surface area contributed by atoms with Gasteiger partial charge < -0.3 is 5.11 Å². The van der Waals surface area contributed by atoms with Crippen LogP contribution < -0.4 is 0 Å². The van der Waals surface area contributed by atoms with Crippen molar-refractivity contribution in [1.82, 2.24) is 0 Å². The molecule has 2 heteroatoms. The van der Waals surface area contributed by atoms with Gasteiger partial charge in [0, 0.05) is 0 Å². The van der Waals surface area contributed by atoms with Gasteiger partial charge in [-0.1, -0.05) is 66.7 Å². The first-order chi connectivity index (χ1) is 9.50. The van der Waals surface area contributed by atoms with Crippen molar-refractivity contribution in [3.8, 4) is 0 Å². The molecule has 0 bridgehead atoms. The molecule has 102 valence electrons. The molecule has 1 N–H and O–H groups in total. The molecular weight excluding hydrogens is 248 g/mol. The van der Waals surface area contributed by atoms with Crippen LogP contribution in [0.25, 0.3) is 5.57 Å². The Morgan fingerprint density at radius 2 is 1.30 bits per heavy atom. The van der Waals surface area contributed by atoms with Gasteiger partial charge in [-0.25, -0.2) is 0 Å². The van der Waals surface area contributed by atoms with Crippen LogP contribution in [0.15, 0.2) is 66.7 Å². The smallest absolute Gasteiger partial charge is 0.312 e. The van der Waals surface area contributed by atoms with Gasteiger partial charge in [-0.2, -0.15) is 0 Å². The summed E-state index contributed by atoms with van der Waals surface area (Å²) in [5, 5.41) is 9.34. The number of aliphatic carboxylic acids is 1. The fraction of sp³-hybridized carbons (Fsp3) is 0.167. The second kappa shape index (κ2) is 5.74. The van der Waals surface area contributed by atoms with Gasteiger partial charge >= 0.3 is 5.97 Å². The van der Waals surface area contributed by atoms with E-state index in [0.29, 0.717) is 0 Å². The van der Waals surface area contributed by atoms with E-state index in [1.165, 1.54) is 0 Å². The topological polar surface area (TPSA) is 37.3 Å². The van der Waals surface area contributed by atoms with Crippen molar-refractivity contribution in [2.45, 2.75) is 13.8 Å². The quantitative estimate of drug-likeness (QED) is 0.899. The molecule has 0 spiro atoms. The van der Waals surface area contributed by atoms with Gasteiger partial charge in [0.25, 0.3) is 0 Å². The molecule has 0 aliphatic heterocycles. The van der Waals surface area contributed by atoms with Crippen LogP contribution in [0.3, 0.4) is 0 Å². The highest BCUT2D eigenvalue weighted by atomic mass is 16.4. The van der Waals surface area contributed by atoms with E-state index >= 15 is 0 Å². The van der Waals surface area contributed by atoms with Crippen LogP contribution in [0.5, 0.6) is 0 Å². The molecular formula is C18H18O2. The van der Waals surface area contributed by atoms with Gasteiger partial charge in [-0.05, 0) is 30.5 Å². The Hall–Kier alpha value is -2.35. The second-order valence-corrected chi connectivity index (χ2v) is 5.32. The predicted molar refractivity (Wildman–Crippen MR) is 81.4 cm³/mol. The molecule has 2 aromatic rings. The zero-order valence-electron chi connectivity index (χ0n) is 11.7. The number of carboxylic acids is 1. The molecule has 0 heterocycles. The molecule has 2 rings (SSSR count). The summed E-state index contributed by atoms with van der Waals surface area (Å²) in [6, 6.07) is 19.7. The molecule has 0 aliphatic rings. The first-order valence-electron chi connectivity index (χ1n) is 6.58. The second-order valence-electron chi connectivity index (χ2n) is 5.32. The lowest BCUT2D eigenvalue weighted by Crippen LogP contribution is -2.21. The van der Waals surface area contributed by atoms with Crippen LogP contribution in [0.1, 0.15) is 25.0 Å². The third kappa shape index (κ3) is 3.15. The van der Waals surface area contributed by atoms with Crippen LogP contribution in [-0.2, 0) is 4.79 Å². The SMILES string of the molecule is CC(C)(C=C(c1ccccc1)c1ccccc1)C(=O)O. The minimum absolute atomic E-state index is 0.832. The summed E-state index contributed by atoms with van der Waals surface area (Å²) in [5.74, 6) is -0.832. The van der Waals surface area contributed by atoms with Gasteiger partial charge in [0.1, 0.15) is 0 Å². The molecule has 2 nitrogen and oxygen atoms in total. The molecule has 2 aromatic carbocycles. The van der Waals surface area contributed by atoms with Gasteiger partial charge in [0.2, 0.25) is 0 Å². The van der Waals surface area contributed by atoms with Crippen molar-refractivity contribution in [2.24, 2.45) is 5.41 Å². The standard InChI is InChI=1S/C18H18O2/c1-18(2,17(19)20)13-16(14-9-5-3-6-10-14)15-11-7-4-8-12-15/h3-13H,1-2H3,(H,19,20). The van der Waals surface area contributed by atoms with Crippen molar-refractivity contribution in [3.63, 3.8) is 0 Å². The molecule has 20 heavy (non-hydrogen) atoms. The number of benzene rings is 2. The van der Waals surface area contributed by atoms with E-state index in [-0.39, 0.29) is 0 Å². The number of carbonyl (C=O) groups is 1. The van der Waals surface area contributed by atoms with E-state index < -0.39 is 11.4 Å². The summed E-state index contributed by atoms with van der Waals surface area (Å²) in [7, 11) is 0. The maximum absolute atomic E-state index is 11.4. The van der Waals surface area contributed by atoms with Gasteiger partial charge in [0.05, 0.1) is 5.41 Å². The predicted octanol–water partition coefficient (Wildman–Crippen LogP) is 4.23. The fourth-order valence-corrected chi connectivity index (χ4v) is 1.99. The molecule has 0 fully saturated rings. The molecule has 0 unspecified atom stereocenters. The Labute approximate surface area is 119 Å². The summed E-state index contributed by atoms with van der Waals surface area (Å²) < 4.78 is 0. The van der Waals surface area contributed by atoms with E-state index in [1.807, 2.05) is 66.7 Å². The Kier molecular flexibility index (Phi) is 4.04. The van der Waals surface area contributed by atoms with Gasteiger partial charge in [0.15, 0.2) is 0 Å². The lowest BCUT2D eigenvalue weighted by atomic mass is 9.86. The van der Waals surface area contributed by atoms with Crippen molar-refractivity contribution in [3.05, 3.63) is 77.9 Å². The van der Waals surface area contributed by atoms with E-state index in [1.54, 1.807) is 13.8 Å². The van der Waals surface area contributed by atoms with E-state index in [0.717, 1.165) is 16.7 Å². The van der Waals surface area contributed by atoms with Crippen LogP contribution in [0.2, 0.25) is 0 Å². The number of hydrogen-bond acceptors (Lipinski definition) is 1. The van der Waals surface area contributed by atoms with Crippen LogP contribution in [0.4, 0.5) is 0 Å². The van der Waals surface area contributed by atoms with Crippen LogP contribution in [-0.4, -0.2) is 11.1 Å². The van der Waals surface area contributed by atoms with E-state index in [2.05, 4.69) is 0 Å². The Balaban J connectivity index is 2.57. The molecule has 0 saturated heterocycles. The molecule has 0 aromatic heterocycles. The van der Waals surface area contributed by atoms with Crippen LogP contribution >= 0.6 is 0 Å². The molecule has 0 atom stereocenters. The first kappa shape index (κ1) is 14.1. The van der Waals surface area contributed by atoms with E-state index in [4.69, 9.17) is 0 Å². The largest absolute Gasteiger partial charge is 0.481 e. The summed E-state index contributed by atoms with van der Waals surface area (Å²) in [6.07, 6.45) is 1.82. The van der Waals surface area contributed by atoms with Crippen molar-refractivity contribution in [1.29, 1.82) is 0 Å². The summed E-state index contributed by atoms with van der Waals surface area (Å²) in [6.45, 7) is 3.42. The molecule has 0 radical (unpaired) electrons. The van der Waals surface area contributed by atoms with E-state index in [9.17, 15) is 9.90 Å². The summed E-state index contributed by atoms with van der Waals surface area (Å²) in [4.78, 5) is 11.4. The zero-order valence-corrected chi connectivity index (χ0v) is 11.7. The normalized spacial score (nSPS) is 10.9. The van der Waals surface area contributed by atoms with Crippen LogP contribution in [0, 0.1) is 5.41 Å². The average molecular weight is 266 g/mol. The van der Waals surface area contributed by atoms with Crippen molar-refractivity contribution >= 4 is 11.5 Å². The minimum Gasteiger partial charge on any atom is -0.481 e. The lowest BCUT2D eigenvalue weighted by Gasteiger charge is -2.18. The maximum Gasteiger partial charge on any atom is 0.312 e. The molecule has 0 aliphatic carbocycles. The summed E-state index contributed by atoms with van der Waals surface area (Å²) in [5.41, 5.74) is 2.07. The number of rotatable bonds is 4. The zero-order chi connectivity index (χ0) is 14.6. The highest BCUT2D eigenvalue weighted by Crippen LogP contribution is 2.29. The van der Waals surface area contributed by atoms with Crippen molar-refractivity contribution < 1.29 is 9.90 Å². The first-order valence-corrected chi connectivity index (χ1v) is 6.58. The van der Waals surface area contributed by atoms with Gasteiger partial charge in [-0.15, -0.1) is 0 Å². The third-order valence-corrected chi connectivity index (χ3v) is 3.23. The number of carboxylic acid groups (broad SMARTS) is 1. The van der Waals surface area contributed by atoms with Crippen molar-refractivity contribution in [2.75, 3.05) is 0 Å². The Morgan fingerprint density at radius 3 is 1.65 bits per heavy atom. The maximum atomic E-state index is 11.4. The fourth-order valence-electron chi connectivity index (χ4n) is 1.99. The monoisotopic (exact) mass is 266 g/mol. The molecule has 0 amide bonds. The minimum atomic E-state index is -0.916. The summed E-state index contributed by atoms with van der Waals surface area (Å²) >= 11 is 0. The highest BCUT2D eigenvalue weighted by molar-refractivity contribution is 5.85. The number of hydrogen-bond donors (Lipinski definition) is 1. The average Bonchev–Trinajstić information content (AvgIpc) is 2.46. The lowest BCUT2D eigenvalue weighted by molar-refractivity contribution is -0.144. The Morgan fingerprint density at radius 1 is 0.900 bits per heavy atom. The molecule has 0 saturated carbocycles. The third-order valence-electron chi connectivity index (χ3n) is 3.23. The highest BCUT2D eigenvalue weighted by Gasteiger charge is 2.25. The van der Waals surface area contributed by atoms with Gasteiger partial charge in [-0.3, -0.25) is 4.79 Å².